The van der Waals surface area contributed by atoms with Crippen LogP contribution in [0.15, 0.2) is 82.8 Å². The number of fused-ring (bicyclic) bond motifs is 3. The van der Waals surface area contributed by atoms with E-state index in [1.807, 2.05) is 25.1 Å². The summed E-state index contributed by atoms with van der Waals surface area (Å²) in [7, 11) is 0. The maximum atomic E-state index is 14.4. The molecule has 3 saturated carbocycles. The van der Waals surface area contributed by atoms with E-state index >= 15 is 0 Å². The molecule has 0 amide bonds. The molecule has 0 spiro atoms. The molecule has 2 bridgehead atoms. The highest BCUT2D eigenvalue weighted by molar-refractivity contribution is 5.85. The molecule has 0 unspecified atom stereocenters. The normalized spacial score (nSPS) is 27.1. The van der Waals surface area contributed by atoms with E-state index in [0.717, 1.165) is 43.5 Å². The number of rotatable bonds is 7. The number of aliphatic imine (C=N–C) groups is 1. The topological polar surface area (TPSA) is 88.5 Å². The van der Waals surface area contributed by atoms with Crippen molar-refractivity contribution < 1.29 is 4.39 Å². The molecule has 3 aromatic carbocycles. The summed E-state index contributed by atoms with van der Waals surface area (Å²) in [5.74, 6) is 2.93. The van der Waals surface area contributed by atoms with Crippen LogP contribution in [0.25, 0.3) is 10.9 Å². The fourth-order valence-corrected chi connectivity index (χ4v) is 9.12. The molecular weight excluding hydrogens is 587 g/mol. The van der Waals surface area contributed by atoms with E-state index in [-0.39, 0.29) is 16.9 Å². The number of hydrogen-bond donors (Lipinski definition) is 2. The van der Waals surface area contributed by atoms with E-state index in [4.69, 9.17) is 10.7 Å². The quantitative estimate of drug-likeness (QED) is 0.186. The van der Waals surface area contributed by atoms with Crippen molar-refractivity contribution in [3.8, 4) is 0 Å². The molecule has 7 nitrogen and oxygen atoms in total. The van der Waals surface area contributed by atoms with E-state index in [1.54, 1.807) is 23.0 Å². The van der Waals surface area contributed by atoms with Crippen LogP contribution in [-0.2, 0) is 19.4 Å². The van der Waals surface area contributed by atoms with Crippen LogP contribution in [0.1, 0.15) is 50.3 Å². The summed E-state index contributed by atoms with van der Waals surface area (Å²) in [4.78, 5) is 25.0. The van der Waals surface area contributed by atoms with Crippen LogP contribution in [0.2, 0.25) is 0 Å². The van der Waals surface area contributed by atoms with Gasteiger partial charge in [-0.25, -0.2) is 14.4 Å². The zero-order valence-electron chi connectivity index (χ0n) is 28.0. The molecule has 5 atom stereocenters. The fraction of sp³-hybridized carbons (Fsp3) is 0.462. The summed E-state index contributed by atoms with van der Waals surface area (Å²) >= 11 is 0. The lowest BCUT2D eigenvalue weighted by atomic mass is 9.41. The van der Waals surface area contributed by atoms with E-state index in [9.17, 15) is 9.18 Å². The first-order valence-electron chi connectivity index (χ1n) is 17.2. The van der Waals surface area contributed by atoms with Crippen LogP contribution >= 0.6 is 0 Å². The number of halogens is 1. The number of nitrogens with zero attached hydrogens (tertiary/aromatic N) is 4. The second-order valence-electron chi connectivity index (χ2n) is 15.0. The van der Waals surface area contributed by atoms with Crippen molar-refractivity contribution in [2.24, 2.45) is 39.8 Å². The number of guanidine groups is 1. The first-order valence-corrected chi connectivity index (χ1v) is 17.2. The molecule has 1 aliphatic heterocycles. The Labute approximate surface area is 277 Å². The van der Waals surface area contributed by atoms with E-state index in [1.165, 1.54) is 24.5 Å². The molecule has 8 rings (SSSR count). The van der Waals surface area contributed by atoms with Crippen molar-refractivity contribution in [3.05, 3.63) is 106 Å². The highest BCUT2D eigenvalue weighted by Crippen LogP contribution is 2.64. The molecular formula is C39H47FN6O. The molecule has 3 N–H and O–H groups in total. The molecule has 1 saturated heterocycles. The summed E-state index contributed by atoms with van der Waals surface area (Å²) in [5.41, 5.74) is 11.0. The summed E-state index contributed by atoms with van der Waals surface area (Å²) in [6.07, 6.45) is 5.50. The Morgan fingerprint density at radius 1 is 1.09 bits per heavy atom. The van der Waals surface area contributed by atoms with Gasteiger partial charge in [-0.3, -0.25) is 9.36 Å². The molecule has 8 heteroatoms. The van der Waals surface area contributed by atoms with Gasteiger partial charge in [0.25, 0.3) is 5.56 Å². The van der Waals surface area contributed by atoms with Crippen LogP contribution in [0.3, 0.4) is 0 Å². The Morgan fingerprint density at radius 3 is 2.62 bits per heavy atom. The highest BCUT2D eigenvalue weighted by Gasteiger charge is 2.60. The standard InChI is InChI=1S/C39H47FN6O/c1-25-10-11-28(34(40)18-25)14-16-46-24-42-35-21-30(12-13-31(35)36(46)47)44-37(41)45-17-15-43-39(23-45,22-27-8-6-5-7-9-27)33-20-29-19-32(26(33)2)38(29,3)4/h5-13,18,21,24,26,29,32-33,43H,14-17,19-20,22-23H2,1-4H3,(H2,41,44)/t26-,29-,32+,33-,39+/m0/s1. The average molecular weight is 635 g/mol. The highest BCUT2D eigenvalue weighted by atomic mass is 19.1. The number of aromatic nitrogens is 2. The Kier molecular flexibility index (Phi) is 8.19. The number of hydrogen-bond acceptors (Lipinski definition) is 4. The SMILES string of the molecule is Cc1ccc(CCn2cnc3cc(N=C(N)N4CCN[C@@](Cc5ccccc5)([C@H]5C[C@@H]6C[C@H]([C@@H]5C)C6(C)C)C4)ccc3c2=O)c(F)c1. The lowest BCUT2D eigenvalue weighted by Crippen LogP contribution is -2.71. The van der Waals surface area contributed by atoms with E-state index in [0.29, 0.717) is 58.3 Å². The molecule has 2 heterocycles. The molecule has 0 radical (unpaired) electrons. The molecule has 47 heavy (non-hydrogen) atoms. The minimum atomic E-state index is -0.248. The molecule has 4 aromatic rings. The molecule has 4 fully saturated rings. The van der Waals surface area contributed by atoms with Gasteiger partial charge in [0.1, 0.15) is 5.82 Å². The lowest BCUT2D eigenvalue weighted by molar-refractivity contribution is -0.151. The van der Waals surface area contributed by atoms with Crippen molar-refractivity contribution in [2.45, 2.75) is 65.5 Å². The van der Waals surface area contributed by atoms with E-state index in [2.05, 4.69) is 66.3 Å². The van der Waals surface area contributed by atoms with Crippen molar-refractivity contribution in [3.63, 3.8) is 0 Å². The lowest BCUT2D eigenvalue weighted by Gasteiger charge is -2.66. The van der Waals surface area contributed by atoms with Crippen LogP contribution < -0.4 is 16.6 Å². The third-order valence-electron chi connectivity index (χ3n) is 12.0. The van der Waals surface area contributed by atoms with Crippen molar-refractivity contribution in [2.75, 3.05) is 19.6 Å². The van der Waals surface area contributed by atoms with Gasteiger partial charge in [-0.2, -0.15) is 0 Å². The molecule has 4 aliphatic rings. The van der Waals surface area contributed by atoms with Gasteiger partial charge in [-0.05, 0) is 103 Å². The Bertz CT molecular complexity index is 1870. The van der Waals surface area contributed by atoms with E-state index < -0.39 is 0 Å². The van der Waals surface area contributed by atoms with Gasteiger partial charge >= 0.3 is 0 Å². The third-order valence-corrected chi connectivity index (χ3v) is 12.0. The maximum Gasteiger partial charge on any atom is 0.261 e. The Morgan fingerprint density at radius 2 is 1.87 bits per heavy atom. The van der Waals surface area contributed by atoms with Gasteiger partial charge in [-0.15, -0.1) is 0 Å². The smallest absolute Gasteiger partial charge is 0.261 e. The van der Waals surface area contributed by atoms with Crippen LogP contribution in [-0.4, -0.2) is 45.6 Å². The second kappa shape index (κ2) is 12.2. The van der Waals surface area contributed by atoms with Gasteiger partial charge in [0.05, 0.1) is 22.9 Å². The fourth-order valence-electron chi connectivity index (χ4n) is 9.12. The summed E-state index contributed by atoms with van der Waals surface area (Å²) in [6.45, 7) is 12.0. The third kappa shape index (κ3) is 5.86. The Balaban J connectivity index is 1.12. The number of aryl methyl sites for hydroxylation is 3. The molecule has 3 aliphatic carbocycles. The minimum Gasteiger partial charge on any atom is -0.369 e. The van der Waals surface area contributed by atoms with Crippen LogP contribution in [0.5, 0.6) is 0 Å². The zero-order valence-corrected chi connectivity index (χ0v) is 28.0. The number of nitrogens with two attached hydrogens (primary N) is 1. The summed E-state index contributed by atoms with van der Waals surface area (Å²) < 4.78 is 15.9. The predicted octanol–water partition coefficient (Wildman–Crippen LogP) is 6.24. The minimum absolute atomic E-state index is 0.107. The van der Waals surface area contributed by atoms with Gasteiger partial charge in [0.15, 0.2) is 5.96 Å². The van der Waals surface area contributed by atoms with Crippen LogP contribution in [0.4, 0.5) is 10.1 Å². The number of piperazine rings is 1. The predicted molar refractivity (Wildman–Crippen MR) is 187 cm³/mol. The molecule has 1 aromatic heterocycles. The first kappa shape index (κ1) is 31.6. The second-order valence-corrected chi connectivity index (χ2v) is 15.0. The Hall–Kier alpha value is -4.04. The van der Waals surface area contributed by atoms with Crippen molar-refractivity contribution in [1.82, 2.24) is 19.8 Å². The summed E-state index contributed by atoms with van der Waals surface area (Å²) in [6, 6.07) is 21.5. The van der Waals surface area contributed by atoms with Crippen molar-refractivity contribution in [1.29, 1.82) is 0 Å². The number of benzene rings is 3. The van der Waals surface area contributed by atoms with Gasteiger partial charge in [0.2, 0.25) is 0 Å². The largest absolute Gasteiger partial charge is 0.369 e. The van der Waals surface area contributed by atoms with Gasteiger partial charge in [-0.1, -0.05) is 63.2 Å². The maximum absolute atomic E-state index is 14.4. The van der Waals surface area contributed by atoms with Crippen LogP contribution in [0, 0.1) is 41.8 Å². The van der Waals surface area contributed by atoms with Gasteiger partial charge < -0.3 is 16.0 Å². The van der Waals surface area contributed by atoms with Crippen molar-refractivity contribution >= 4 is 22.5 Å². The molecule has 246 valence electrons. The zero-order chi connectivity index (χ0) is 32.9. The summed E-state index contributed by atoms with van der Waals surface area (Å²) in [5, 5.41) is 4.55. The number of nitrogens with one attached hydrogen (secondary N) is 1. The monoisotopic (exact) mass is 634 g/mol. The van der Waals surface area contributed by atoms with Gasteiger partial charge in [0, 0.05) is 31.7 Å². The first-order chi connectivity index (χ1) is 22.5. The average Bonchev–Trinajstić information content (AvgIpc) is 3.05.